The van der Waals surface area contributed by atoms with Crippen LogP contribution in [0.3, 0.4) is 0 Å². The van der Waals surface area contributed by atoms with E-state index in [1.54, 1.807) is 12.3 Å². The number of nitrogens with zero attached hydrogens (tertiary/aromatic N) is 4. The fraction of sp³-hybridized carbons (Fsp3) is 0.348. The zero-order valence-electron chi connectivity index (χ0n) is 18.7. The van der Waals surface area contributed by atoms with Crippen LogP contribution >= 0.6 is 11.6 Å². The summed E-state index contributed by atoms with van der Waals surface area (Å²) in [7, 11) is 0. The van der Waals surface area contributed by atoms with E-state index in [9.17, 15) is 13.6 Å². The molecule has 35 heavy (non-hydrogen) atoms. The van der Waals surface area contributed by atoms with Gasteiger partial charge in [0.25, 0.3) is 5.91 Å². The summed E-state index contributed by atoms with van der Waals surface area (Å²) in [6, 6.07) is 9.71. The third kappa shape index (κ3) is 5.53. The van der Waals surface area contributed by atoms with E-state index in [-0.39, 0.29) is 11.7 Å². The minimum Gasteiger partial charge on any atom is -0.420 e. The summed E-state index contributed by atoms with van der Waals surface area (Å²) in [5, 5.41) is 13.1. The van der Waals surface area contributed by atoms with Crippen molar-refractivity contribution in [3.63, 3.8) is 0 Å². The Morgan fingerprint density at radius 2 is 1.89 bits per heavy atom. The van der Waals surface area contributed by atoms with E-state index in [4.69, 9.17) is 11.6 Å². The molecule has 2 fully saturated rings. The van der Waals surface area contributed by atoms with Crippen LogP contribution in [-0.4, -0.2) is 76.9 Å². The summed E-state index contributed by atoms with van der Waals surface area (Å²) in [5.74, 6) is 0.286. The number of carbonyl (C=O) groups is 1. The van der Waals surface area contributed by atoms with E-state index < -0.39 is 5.57 Å². The quantitative estimate of drug-likeness (QED) is 0.426. The number of hydrogen-bond acceptors (Lipinski definition) is 7. The summed E-state index contributed by atoms with van der Waals surface area (Å²) in [6.07, 6.45) is 3.19. The molecule has 2 saturated heterocycles. The Morgan fingerprint density at radius 3 is 2.49 bits per heavy atom. The first-order chi connectivity index (χ1) is 16.9. The van der Waals surface area contributed by atoms with Crippen molar-refractivity contribution >= 4 is 29.0 Å². The smallest absolute Gasteiger partial charge is 0.420 e. The van der Waals surface area contributed by atoms with Gasteiger partial charge in [-0.1, -0.05) is 0 Å². The molecule has 9 nitrogen and oxygen atoms in total. The van der Waals surface area contributed by atoms with Crippen LogP contribution in [0.15, 0.2) is 48.8 Å². The van der Waals surface area contributed by atoms with Gasteiger partial charge in [-0.3, -0.25) is 14.8 Å². The number of nitrogens with one attached hydrogen (secondary N) is 3. The normalized spacial score (nSPS) is 17.2. The van der Waals surface area contributed by atoms with Crippen molar-refractivity contribution in [3.05, 3.63) is 54.4 Å². The number of piperazine rings is 1. The molecule has 12 heteroatoms. The number of halogens is 3. The number of aromatic amines is 1. The number of hydrogen-bond donors (Lipinski definition) is 3. The topological polar surface area (TPSA) is 98.4 Å². The molecule has 1 aromatic carbocycles. The average molecular weight is 504 g/mol. The number of H-pyrrole nitrogens is 1. The summed E-state index contributed by atoms with van der Waals surface area (Å²) >= 11 is 4.78. The van der Waals surface area contributed by atoms with Crippen molar-refractivity contribution in [1.82, 2.24) is 25.4 Å². The van der Waals surface area contributed by atoms with Crippen molar-refractivity contribution < 1.29 is 18.3 Å². The number of rotatable bonds is 7. The zero-order valence-corrected chi connectivity index (χ0v) is 19.4. The van der Waals surface area contributed by atoms with Gasteiger partial charge in [-0.15, -0.1) is 8.78 Å². The Bertz CT molecular complexity index is 1160. The van der Waals surface area contributed by atoms with E-state index in [1.807, 2.05) is 6.07 Å². The van der Waals surface area contributed by atoms with Crippen molar-refractivity contribution in [2.45, 2.75) is 11.6 Å². The van der Waals surface area contributed by atoms with Crippen molar-refractivity contribution in [2.75, 3.05) is 49.5 Å². The van der Waals surface area contributed by atoms with Crippen LogP contribution in [0, 0.1) is 0 Å². The predicted octanol–water partition coefficient (Wildman–Crippen LogP) is 2.99. The highest BCUT2D eigenvalue weighted by Gasteiger charge is 2.29. The Labute approximate surface area is 205 Å². The molecule has 0 saturated carbocycles. The van der Waals surface area contributed by atoms with Gasteiger partial charge < -0.3 is 20.3 Å². The lowest BCUT2D eigenvalue weighted by Crippen LogP contribution is -2.61. The van der Waals surface area contributed by atoms with Crippen LogP contribution in [0.5, 0.6) is 5.75 Å². The second-order valence-electron chi connectivity index (χ2n) is 8.43. The molecule has 1 amide bonds. The molecule has 3 aromatic rings. The van der Waals surface area contributed by atoms with Crippen molar-refractivity contribution in [2.24, 2.45) is 0 Å². The molecule has 0 atom stereocenters. The molecule has 2 aliphatic heterocycles. The molecule has 0 radical (unpaired) electrons. The first kappa shape index (κ1) is 23.5. The van der Waals surface area contributed by atoms with Gasteiger partial charge in [0.05, 0.1) is 11.3 Å². The summed E-state index contributed by atoms with van der Waals surface area (Å²) in [6.45, 7) is 5.66. The third-order valence-corrected chi connectivity index (χ3v) is 6.23. The minimum atomic E-state index is -3.80. The molecule has 5 rings (SSSR count). The minimum absolute atomic E-state index is 0.121. The van der Waals surface area contributed by atoms with E-state index in [2.05, 4.69) is 40.4 Å². The number of amides is 1. The zero-order chi connectivity index (χ0) is 24.4. The number of carbonyl (C=O) groups excluding carboxylic acids is 1. The molecule has 184 valence electrons. The van der Waals surface area contributed by atoms with E-state index in [0.717, 1.165) is 56.3 Å². The number of anilines is 2. The number of alkyl halides is 3. The maximum absolute atomic E-state index is 12.9. The number of ether oxygens (including phenoxy) is 1. The van der Waals surface area contributed by atoms with Gasteiger partial charge in [0.15, 0.2) is 0 Å². The first-order valence-corrected chi connectivity index (χ1v) is 11.6. The summed E-state index contributed by atoms with van der Waals surface area (Å²) in [4.78, 5) is 22.3. The fourth-order valence-electron chi connectivity index (χ4n) is 4.21. The average Bonchev–Trinajstić information content (AvgIpc) is 3.33. The van der Waals surface area contributed by atoms with Crippen LogP contribution in [0.1, 0.15) is 10.4 Å². The summed E-state index contributed by atoms with van der Waals surface area (Å²) < 4.78 is 29.9. The van der Waals surface area contributed by atoms with E-state index >= 15 is 0 Å². The molecule has 0 spiro atoms. The highest BCUT2D eigenvalue weighted by molar-refractivity contribution is 6.20. The van der Waals surface area contributed by atoms with Gasteiger partial charge in [0.1, 0.15) is 11.6 Å². The van der Waals surface area contributed by atoms with Gasteiger partial charge in [-0.25, -0.2) is 4.98 Å². The molecular weight excluding hydrogens is 480 g/mol. The van der Waals surface area contributed by atoms with Gasteiger partial charge in [0.2, 0.25) is 0 Å². The van der Waals surface area contributed by atoms with Gasteiger partial charge >= 0.3 is 5.57 Å². The highest BCUT2D eigenvalue weighted by atomic mass is 35.5. The SMILES string of the molecule is O=C(Nc1ccc(OC(F)(F)Cl)cc1)c1cnc(N2CCN(C3CNC3)CC2)c(-c2ccn[nH]2)c1. The van der Waals surface area contributed by atoms with Crippen LogP contribution in [0.25, 0.3) is 11.3 Å². The first-order valence-electron chi connectivity index (χ1n) is 11.2. The van der Waals surface area contributed by atoms with Crippen LogP contribution < -0.4 is 20.3 Å². The molecule has 0 bridgehead atoms. The lowest BCUT2D eigenvalue weighted by molar-refractivity contribution is -0.0964. The Hall–Kier alpha value is -3.28. The maximum atomic E-state index is 12.9. The van der Waals surface area contributed by atoms with Crippen LogP contribution in [-0.2, 0) is 0 Å². The Kier molecular flexibility index (Phi) is 6.54. The van der Waals surface area contributed by atoms with Crippen molar-refractivity contribution in [3.8, 4) is 17.0 Å². The molecule has 2 aliphatic rings. The Morgan fingerprint density at radius 1 is 1.14 bits per heavy atom. The van der Waals surface area contributed by atoms with Crippen molar-refractivity contribution in [1.29, 1.82) is 0 Å². The molecule has 3 N–H and O–H groups in total. The van der Waals surface area contributed by atoms with Crippen LogP contribution in [0.2, 0.25) is 0 Å². The maximum Gasteiger partial charge on any atom is 0.487 e. The Balaban J connectivity index is 1.32. The third-order valence-electron chi connectivity index (χ3n) is 6.16. The molecule has 2 aromatic heterocycles. The van der Waals surface area contributed by atoms with Gasteiger partial charge in [-0.05, 0) is 36.4 Å². The number of aromatic nitrogens is 3. The second-order valence-corrected chi connectivity index (χ2v) is 8.87. The monoisotopic (exact) mass is 503 g/mol. The summed E-state index contributed by atoms with van der Waals surface area (Å²) in [5.41, 5.74) is -1.50. The van der Waals surface area contributed by atoms with E-state index in [1.165, 1.54) is 30.5 Å². The number of pyridine rings is 1. The van der Waals surface area contributed by atoms with Crippen LogP contribution in [0.4, 0.5) is 20.3 Å². The lowest BCUT2D eigenvalue weighted by atomic mass is 10.1. The predicted molar refractivity (Wildman–Crippen MR) is 128 cm³/mol. The fourth-order valence-corrected chi connectivity index (χ4v) is 4.30. The molecular formula is C23H24ClF2N7O2. The molecule has 4 heterocycles. The lowest BCUT2D eigenvalue weighted by Gasteiger charge is -2.43. The molecule has 0 unspecified atom stereocenters. The van der Waals surface area contributed by atoms with E-state index in [0.29, 0.717) is 17.3 Å². The van der Waals surface area contributed by atoms with Gasteiger partial charge in [0, 0.05) is 80.6 Å². The molecule has 0 aliphatic carbocycles. The largest absolute Gasteiger partial charge is 0.487 e. The number of benzene rings is 1. The standard InChI is InChI=1S/C23H24ClF2N7O2/c24-23(25,26)35-18-3-1-16(2-4-18)30-22(34)15-11-19(20-5-6-29-31-20)21(28-12-15)33-9-7-32(8-10-33)17-13-27-14-17/h1-6,11-12,17,27H,7-10,13-14H2,(H,29,31)(H,30,34). The second kappa shape index (κ2) is 9.76. The highest BCUT2D eigenvalue weighted by Crippen LogP contribution is 2.30. The van der Waals surface area contributed by atoms with Gasteiger partial charge in [-0.2, -0.15) is 5.10 Å².